The summed E-state index contributed by atoms with van der Waals surface area (Å²) in [6, 6.07) is 13.3. The van der Waals surface area contributed by atoms with Gasteiger partial charge in [-0.3, -0.25) is 0 Å². The molecule has 0 fully saturated rings. The van der Waals surface area contributed by atoms with Crippen LogP contribution in [0, 0.1) is 0 Å². The molecule has 0 atom stereocenters. The van der Waals surface area contributed by atoms with Gasteiger partial charge in [-0.25, -0.2) is 0 Å². The molecule has 3 rings (SSSR count). The summed E-state index contributed by atoms with van der Waals surface area (Å²) in [6.07, 6.45) is 0. The predicted octanol–water partition coefficient (Wildman–Crippen LogP) is 4.79. The first-order chi connectivity index (χ1) is 12.8. The Morgan fingerprint density at radius 1 is 1.04 bits per heavy atom. The van der Waals surface area contributed by atoms with Crippen molar-refractivity contribution in [3.8, 4) is 5.75 Å². The van der Waals surface area contributed by atoms with Crippen LogP contribution in [0.5, 0.6) is 5.75 Å². The molecule has 8 heteroatoms. The van der Waals surface area contributed by atoms with E-state index in [-0.39, 0.29) is 11.9 Å². The maximum Gasteiger partial charge on any atom is 0.315 e. The van der Waals surface area contributed by atoms with Crippen LogP contribution >= 0.6 is 23.2 Å². The van der Waals surface area contributed by atoms with E-state index in [1.807, 2.05) is 30.3 Å². The van der Waals surface area contributed by atoms with Gasteiger partial charge in [0.15, 0.2) is 0 Å². The molecule has 0 aliphatic rings. The molecule has 3 aromatic rings. The molecule has 0 spiro atoms. The predicted molar refractivity (Wildman–Crippen MR) is 104 cm³/mol. The van der Waals surface area contributed by atoms with Gasteiger partial charge in [0.25, 0.3) is 0 Å². The van der Waals surface area contributed by atoms with E-state index in [1.54, 1.807) is 26.0 Å². The molecule has 0 saturated heterocycles. The third-order valence-corrected chi connectivity index (χ3v) is 4.44. The largest absolute Gasteiger partial charge is 0.489 e. The Balaban J connectivity index is 1.52. The highest BCUT2D eigenvalue weighted by Gasteiger charge is 2.23. The summed E-state index contributed by atoms with van der Waals surface area (Å²) >= 11 is 11.9. The monoisotopic (exact) mass is 407 g/mol. The fourth-order valence-electron chi connectivity index (χ4n) is 2.22. The number of anilines is 1. The number of nitrogens with one attached hydrogen (secondary N) is 1. The zero-order valence-corrected chi connectivity index (χ0v) is 16.4. The average Bonchev–Trinajstić information content (AvgIpc) is 3.11. The van der Waals surface area contributed by atoms with E-state index in [4.69, 9.17) is 32.4 Å². The lowest BCUT2D eigenvalue weighted by Crippen LogP contribution is -2.15. The van der Waals surface area contributed by atoms with Gasteiger partial charge in [-0.1, -0.05) is 46.5 Å². The molecule has 0 amide bonds. The van der Waals surface area contributed by atoms with Gasteiger partial charge in [-0.15, -0.1) is 5.10 Å². The van der Waals surface area contributed by atoms with Gasteiger partial charge < -0.3 is 19.6 Å². The lowest BCUT2D eigenvalue weighted by atomic mass is 10.1. The maximum absolute atomic E-state index is 9.83. The molecule has 0 saturated carbocycles. The van der Waals surface area contributed by atoms with E-state index in [0.29, 0.717) is 23.2 Å². The first kappa shape index (κ1) is 19.5. The second-order valence-corrected chi connectivity index (χ2v) is 7.32. The number of aliphatic hydroxyl groups is 1. The molecule has 6 nitrogen and oxygen atoms in total. The third kappa shape index (κ3) is 5.35. The summed E-state index contributed by atoms with van der Waals surface area (Å²) in [7, 11) is 0. The highest BCUT2D eigenvalue weighted by molar-refractivity contribution is 6.42. The Bertz CT molecular complexity index is 905. The first-order valence-corrected chi connectivity index (χ1v) is 9.03. The summed E-state index contributed by atoms with van der Waals surface area (Å²) in [5.41, 5.74) is 0.786. The quantitative estimate of drug-likeness (QED) is 0.585. The van der Waals surface area contributed by atoms with Crippen LogP contribution in [0.2, 0.25) is 10.0 Å². The van der Waals surface area contributed by atoms with Crippen LogP contribution in [0.1, 0.15) is 30.9 Å². The van der Waals surface area contributed by atoms with Crippen molar-refractivity contribution in [2.45, 2.75) is 32.6 Å². The van der Waals surface area contributed by atoms with Crippen molar-refractivity contribution in [3.63, 3.8) is 0 Å². The molecule has 1 heterocycles. The minimum absolute atomic E-state index is 0.163. The number of hydrogen-bond donors (Lipinski definition) is 2. The molecule has 2 N–H and O–H groups in total. The van der Waals surface area contributed by atoms with E-state index in [2.05, 4.69) is 15.5 Å². The van der Waals surface area contributed by atoms with Crippen molar-refractivity contribution in [1.82, 2.24) is 10.2 Å². The Kier molecular flexibility index (Phi) is 5.89. The van der Waals surface area contributed by atoms with Crippen molar-refractivity contribution in [2.24, 2.45) is 0 Å². The molecule has 0 unspecified atom stereocenters. The number of ether oxygens (including phenoxy) is 1. The second kappa shape index (κ2) is 8.17. The first-order valence-electron chi connectivity index (χ1n) is 8.27. The molecular weight excluding hydrogens is 389 g/mol. The van der Waals surface area contributed by atoms with Crippen molar-refractivity contribution in [3.05, 3.63) is 69.5 Å². The third-order valence-electron chi connectivity index (χ3n) is 3.70. The second-order valence-electron chi connectivity index (χ2n) is 6.51. The topological polar surface area (TPSA) is 80.4 Å². The van der Waals surface area contributed by atoms with E-state index < -0.39 is 5.60 Å². The lowest BCUT2D eigenvalue weighted by molar-refractivity contribution is 0.0489. The van der Waals surface area contributed by atoms with Crippen LogP contribution in [0.3, 0.4) is 0 Å². The van der Waals surface area contributed by atoms with Gasteiger partial charge in [0, 0.05) is 6.54 Å². The fourth-order valence-corrected chi connectivity index (χ4v) is 2.54. The average molecular weight is 408 g/mol. The van der Waals surface area contributed by atoms with Crippen molar-refractivity contribution in [1.29, 1.82) is 0 Å². The van der Waals surface area contributed by atoms with Crippen molar-refractivity contribution < 1.29 is 14.3 Å². The molecular formula is C19H19Cl2N3O3. The molecule has 0 aliphatic heterocycles. The summed E-state index contributed by atoms with van der Waals surface area (Å²) < 4.78 is 11.1. The van der Waals surface area contributed by atoms with E-state index >= 15 is 0 Å². The molecule has 2 aromatic carbocycles. The van der Waals surface area contributed by atoms with Gasteiger partial charge in [0.2, 0.25) is 5.89 Å². The highest BCUT2D eigenvalue weighted by atomic mass is 35.5. The molecule has 1 aromatic heterocycles. The van der Waals surface area contributed by atoms with Gasteiger partial charge in [-0.2, -0.15) is 0 Å². The minimum Gasteiger partial charge on any atom is -0.489 e. The number of benzene rings is 2. The number of halogens is 2. The van der Waals surface area contributed by atoms with Gasteiger partial charge in [0.1, 0.15) is 18.0 Å². The molecule has 0 bridgehead atoms. The Labute approximate surface area is 167 Å². The summed E-state index contributed by atoms with van der Waals surface area (Å²) in [6.45, 7) is 4.07. The molecule has 142 valence electrons. The number of hydrogen-bond acceptors (Lipinski definition) is 6. The number of aromatic nitrogens is 2. The fraction of sp³-hybridized carbons (Fsp3) is 0.263. The lowest BCUT2D eigenvalue weighted by Gasteiger charge is -2.10. The molecule has 0 aliphatic carbocycles. The SMILES string of the molecule is CC(C)(O)c1nnc(NCc2ccc(OCc3ccc(Cl)c(Cl)c3)cc2)o1. The van der Waals surface area contributed by atoms with Gasteiger partial charge >= 0.3 is 6.01 Å². The normalized spacial score (nSPS) is 11.4. The minimum atomic E-state index is -1.17. The van der Waals surface area contributed by atoms with Crippen LogP contribution in [0.4, 0.5) is 6.01 Å². The zero-order valence-electron chi connectivity index (χ0n) is 14.9. The number of rotatable bonds is 7. The van der Waals surface area contributed by atoms with Crippen LogP contribution in [0.25, 0.3) is 0 Å². The van der Waals surface area contributed by atoms with Gasteiger partial charge in [-0.05, 0) is 49.2 Å². The summed E-state index contributed by atoms with van der Waals surface area (Å²) in [5.74, 6) is 0.906. The summed E-state index contributed by atoms with van der Waals surface area (Å²) in [5, 5.41) is 21.6. The van der Waals surface area contributed by atoms with Crippen LogP contribution < -0.4 is 10.1 Å². The summed E-state index contributed by atoms with van der Waals surface area (Å²) in [4.78, 5) is 0. The highest BCUT2D eigenvalue weighted by Crippen LogP contribution is 2.24. The zero-order chi connectivity index (χ0) is 19.4. The Hall–Kier alpha value is -2.28. The molecule has 0 radical (unpaired) electrons. The Morgan fingerprint density at radius 2 is 1.74 bits per heavy atom. The van der Waals surface area contributed by atoms with Crippen LogP contribution in [0.15, 0.2) is 46.9 Å². The van der Waals surface area contributed by atoms with E-state index in [0.717, 1.165) is 16.9 Å². The smallest absolute Gasteiger partial charge is 0.315 e. The van der Waals surface area contributed by atoms with E-state index in [1.165, 1.54) is 0 Å². The van der Waals surface area contributed by atoms with Crippen LogP contribution in [-0.4, -0.2) is 15.3 Å². The molecule has 27 heavy (non-hydrogen) atoms. The van der Waals surface area contributed by atoms with E-state index in [9.17, 15) is 5.11 Å². The maximum atomic E-state index is 9.83. The van der Waals surface area contributed by atoms with Crippen molar-refractivity contribution >= 4 is 29.2 Å². The number of nitrogens with zero attached hydrogens (tertiary/aromatic N) is 2. The standard InChI is InChI=1S/C19H19Cl2N3O3/c1-19(2,25)17-23-24-18(27-17)22-10-12-3-6-14(7-4-12)26-11-13-5-8-15(20)16(21)9-13/h3-9,25H,10-11H2,1-2H3,(H,22,24). The van der Waals surface area contributed by atoms with Crippen molar-refractivity contribution in [2.75, 3.05) is 5.32 Å². The van der Waals surface area contributed by atoms with Crippen LogP contribution in [-0.2, 0) is 18.8 Å². The van der Waals surface area contributed by atoms with Gasteiger partial charge in [0.05, 0.1) is 10.0 Å². The Morgan fingerprint density at radius 3 is 2.37 bits per heavy atom.